The molecule has 0 aliphatic rings. The van der Waals surface area contributed by atoms with Gasteiger partial charge in [-0.15, -0.1) is 0 Å². The lowest BCUT2D eigenvalue weighted by atomic mass is 10.2. The number of hydrogen-bond donors (Lipinski definition) is 2. The fraction of sp³-hybridized carbons (Fsp3) is 0.727. The Morgan fingerprint density at radius 1 is 1.59 bits per heavy atom. The van der Waals surface area contributed by atoms with Gasteiger partial charge in [-0.3, -0.25) is 4.79 Å². The standard InChI is InChI=1S/C11H19N3O3/c1-8(4-3-7-15)12-10(16)5-6-11-13-9(2)14-17-11/h8,15H,3-7H2,1-2H3,(H,12,16). The molecule has 0 aliphatic heterocycles. The van der Waals surface area contributed by atoms with Crippen LogP contribution in [0.2, 0.25) is 0 Å². The van der Waals surface area contributed by atoms with E-state index >= 15 is 0 Å². The molecule has 0 fully saturated rings. The molecule has 1 aromatic rings. The summed E-state index contributed by atoms with van der Waals surface area (Å²) in [4.78, 5) is 15.6. The number of rotatable bonds is 7. The molecule has 0 bridgehead atoms. The number of amides is 1. The van der Waals surface area contributed by atoms with E-state index in [1.165, 1.54) is 0 Å². The van der Waals surface area contributed by atoms with Crippen molar-refractivity contribution in [2.45, 2.75) is 45.6 Å². The molecule has 1 unspecified atom stereocenters. The van der Waals surface area contributed by atoms with E-state index < -0.39 is 0 Å². The summed E-state index contributed by atoms with van der Waals surface area (Å²) in [7, 11) is 0. The highest BCUT2D eigenvalue weighted by Crippen LogP contribution is 2.01. The van der Waals surface area contributed by atoms with Crippen LogP contribution in [-0.4, -0.2) is 33.8 Å². The van der Waals surface area contributed by atoms with Gasteiger partial charge in [0.1, 0.15) is 0 Å². The highest BCUT2D eigenvalue weighted by molar-refractivity contribution is 5.76. The molecule has 1 aromatic heterocycles. The summed E-state index contributed by atoms with van der Waals surface area (Å²) in [5, 5.41) is 15.2. The molecule has 0 aliphatic carbocycles. The maximum Gasteiger partial charge on any atom is 0.227 e. The zero-order chi connectivity index (χ0) is 12.7. The Balaban J connectivity index is 2.21. The second kappa shape index (κ2) is 7.01. The molecule has 1 atom stereocenters. The zero-order valence-electron chi connectivity index (χ0n) is 10.3. The third kappa shape index (κ3) is 5.44. The topological polar surface area (TPSA) is 88.2 Å². The van der Waals surface area contributed by atoms with Crippen molar-refractivity contribution in [1.82, 2.24) is 15.5 Å². The minimum absolute atomic E-state index is 0.0358. The van der Waals surface area contributed by atoms with Gasteiger partial charge in [0.2, 0.25) is 11.8 Å². The number of aryl methyl sites for hydroxylation is 2. The van der Waals surface area contributed by atoms with Gasteiger partial charge in [0.05, 0.1) is 0 Å². The summed E-state index contributed by atoms with van der Waals surface area (Å²) < 4.78 is 4.91. The highest BCUT2D eigenvalue weighted by atomic mass is 16.5. The van der Waals surface area contributed by atoms with Gasteiger partial charge in [-0.2, -0.15) is 4.98 Å². The fourth-order valence-electron chi connectivity index (χ4n) is 1.48. The van der Waals surface area contributed by atoms with Gasteiger partial charge in [-0.25, -0.2) is 0 Å². The fourth-order valence-corrected chi connectivity index (χ4v) is 1.48. The molecule has 6 heteroatoms. The second-order valence-electron chi connectivity index (χ2n) is 4.07. The van der Waals surface area contributed by atoms with Crippen molar-refractivity contribution in [3.8, 4) is 0 Å². The smallest absolute Gasteiger partial charge is 0.227 e. The number of aliphatic hydroxyl groups is 1. The molecule has 1 heterocycles. The normalized spacial score (nSPS) is 12.4. The van der Waals surface area contributed by atoms with Crippen LogP contribution in [0.1, 0.15) is 37.9 Å². The molecule has 17 heavy (non-hydrogen) atoms. The van der Waals surface area contributed by atoms with Crippen molar-refractivity contribution >= 4 is 5.91 Å². The molecule has 0 aromatic carbocycles. The molecular formula is C11H19N3O3. The largest absolute Gasteiger partial charge is 0.396 e. The van der Waals surface area contributed by atoms with E-state index in [2.05, 4.69) is 15.5 Å². The minimum Gasteiger partial charge on any atom is -0.396 e. The van der Waals surface area contributed by atoms with Gasteiger partial charge in [0, 0.05) is 25.5 Å². The van der Waals surface area contributed by atoms with Crippen molar-refractivity contribution in [2.75, 3.05) is 6.61 Å². The third-order valence-corrected chi connectivity index (χ3v) is 2.34. The van der Waals surface area contributed by atoms with Crippen LogP contribution in [0.3, 0.4) is 0 Å². The van der Waals surface area contributed by atoms with Crippen LogP contribution in [0.25, 0.3) is 0 Å². The van der Waals surface area contributed by atoms with Crippen LogP contribution in [0, 0.1) is 6.92 Å². The number of nitrogens with zero attached hydrogens (tertiary/aromatic N) is 2. The number of aliphatic hydroxyl groups excluding tert-OH is 1. The van der Waals surface area contributed by atoms with Crippen LogP contribution in [0.15, 0.2) is 4.52 Å². The number of hydrogen-bond acceptors (Lipinski definition) is 5. The van der Waals surface area contributed by atoms with Gasteiger partial charge in [0.25, 0.3) is 0 Å². The van der Waals surface area contributed by atoms with Gasteiger partial charge < -0.3 is 14.9 Å². The highest BCUT2D eigenvalue weighted by Gasteiger charge is 2.09. The van der Waals surface area contributed by atoms with Gasteiger partial charge in [-0.1, -0.05) is 5.16 Å². The van der Waals surface area contributed by atoms with Gasteiger partial charge in [0.15, 0.2) is 5.82 Å². The summed E-state index contributed by atoms with van der Waals surface area (Å²) in [6.07, 6.45) is 2.27. The van der Waals surface area contributed by atoms with E-state index in [0.29, 0.717) is 31.0 Å². The predicted molar refractivity (Wildman–Crippen MR) is 61.3 cm³/mol. The summed E-state index contributed by atoms with van der Waals surface area (Å²) >= 11 is 0. The Bertz CT molecular complexity index is 351. The number of aromatic nitrogens is 2. The monoisotopic (exact) mass is 241 g/mol. The molecule has 0 saturated heterocycles. The van der Waals surface area contributed by atoms with E-state index in [-0.39, 0.29) is 18.6 Å². The van der Waals surface area contributed by atoms with Gasteiger partial charge >= 0.3 is 0 Å². The van der Waals surface area contributed by atoms with Gasteiger partial charge in [-0.05, 0) is 26.7 Å². The summed E-state index contributed by atoms with van der Waals surface area (Å²) in [5.74, 6) is 1.03. The predicted octanol–water partition coefficient (Wildman–Crippen LogP) is 0.588. The number of carbonyl (C=O) groups is 1. The number of carbonyl (C=O) groups excluding carboxylic acids is 1. The van der Waals surface area contributed by atoms with Crippen molar-refractivity contribution in [3.05, 3.63) is 11.7 Å². The van der Waals surface area contributed by atoms with Crippen molar-refractivity contribution in [2.24, 2.45) is 0 Å². The molecule has 0 spiro atoms. The van der Waals surface area contributed by atoms with Crippen LogP contribution >= 0.6 is 0 Å². The minimum atomic E-state index is -0.0358. The lowest BCUT2D eigenvalue weighted by Gasteiger charge is -2.12. The Kier molecular flexibility index (Phi) is 5.62. The third-order valence-electron chi connectivity index (χ3n) is 2.34. The van der Waals surface area contributed by atoms with Crippen molar-refractivity contribution < 1.29 is 14.4 Å². The first-order valence-corrected chi connectivity index (χ1v) is 5.81. The Morgan fingerprint density at radius 2 is 2.35 bits per heavy atom. The van der Waals surface area contributed by atoms with E-state index in [9.17, 15) is 4.79 Å². The van der Waals surface area contributed by atoms with E-state index in [0.717, 1.165) is 6.42 Å². The summed E-state index contributed by atoms with van der Waals surface area (Å²) in [5.41, 5.74) is 0. The number of nitrogens with one attached hydrogen (secondary N) is 1. The molecule has 0 saturated carbocycles. The first kappa shape index (κ1) is 13.6. The molecule has 6 nitrogen and oxygen atoms in total. The first-order valence-electron chi connectivity index (χ1n) is 5.81. The Hall–Kier alpha value is -1.43. The maximum absolute atomic E-state index is 11.5. The average molecular weight is 241 g/mol. The Morgan fingerprint density at radius 3 is 2.94 bits per heavy atom. The maximum atomic E-state index is 11.5. The quantitative estimate of drug-likeness (QED) is 0.729. The van der Waals surface area contributed by atoms with E-state index in [4.69, 9.17) is 9.63 Å². The van der Waals surface area contributed by atoms with Crippen LogP contribution in [0.4, 0.5) is 0 Å². The molecule has 1 rings (SSSR count). The lowest BCUT2D eigenvalue weighted by Crippen LogP contribution is -2.32. The Labute approximate surface area is 100 Å². The van der Waals surface area contributed by atoms with E-state index in [1.807, 2.05) is 6.92 Å². The molecule has 1 amide bonds. The van der Waals surface area contributed by atoms with E-state index in [1.54, 1.807) is 6.92 Å². The molecule has 2 N–H and O–H groups in total. The van der Waals surface area contributed by atoms with Crippen molar-refractivity contribution in [1.29, 1.82) is 0 Å². The van der Waals surface area contributed by atoms with Crippen LogP contribution in [-0.2, 0) is 11.2 Å². The van der Waals surface area contributed by atoms with Crippen LogP contribution < -0.4 is 5.32 Å². The SMILES string of the molecule is Cc1noc(CCC(=O)NC(C)CCCO)n1. The lowest BCUT2D eigenvalue weighted by molar-refractivity contribution is -0.121. The summed E-state index contributed by atoms with van der Waals surface area (Å²) in [6.45, 7) is 3.82. The van der Waals surface area contributed by atoms with Crippen LogP contribution in [0.5, 0.6) is 0 Å². The first-order chi connectivity index (χ1) is 8.11. The second-order valence-corrected chi connectivity index (χ2v) is 4.07. The average Bonchev–Trinajstić information content (AvgIpc) is 2.70. The summed E-state index contributed by atoms with van der Waals surface area (Å²) in [6, 6.07) is 0.0825. The molecular weight excluding hydrogens is 222 g/mol. The van der Waals surface area contributed by atoms with Crippen molar-refractivity contribution in [3.63, 3.8) is 0 Å². The zero-order valence-corrected chi connectivity index (χ0v) is 10.3. The molecule has 96 valence electrons. The molecule has 0 radical (unpaired) electrons.